The Bertz CT molecular complexity index is 1860. The Hall–Kier alpha value is -5.39. The topological polar surface area (TPSA) is 117 Å². The van der Waals surface area contributed by atoms with Crippen LogP contribution < -0.4 is 25.0 Å². The fourth-order valence-electron chi connectivity index (χ4n) is 4.18. The number of aromatic nitrogens is 4. The van der Waals surface area contributed by atoms with Crippen LogP contribution in [0.3, 0.4) is 0 Å². The average molecular weight is 560 g/mol. The first-order valence-electron chi connectivity index (χ1n) is 12.2. The summed E-state index contributed by atoms with van der Waals surface area (Å²) in [5.74, 6) is -1.44. The van der Waals surface area contributed by atoms with E-state index in [2.05, 4.69) is 20.4 Å². The third-order valence-corrected chi connectivity index (χ3v) is 6.32. The summed E-state index contributed by atoms with van der Waals surface area (Å²) in [5.41, 5.74) is 0.900. The summed E-state index contributed by atoms with van der Waals surface area (Å²) in [4.78, 5) is 34.9. The van der Waals surface area contributed by atoms with Crippen LogP contribution in [0.2, 0.25) is 0 Å². The van der Waals surface area contributed by atoms with Gasteiger partial charge in [0.1, 0.15) is 11.3 Å². The van der Waals surface area contributed by atoms with E-state index >= 15 is 4.39 Å². The molecule has 0 unspecified atom stereocenters. The first kappa shape index (κ1) is 27.2. The van der Waals surface area contributed by atoms with Crippen molar-refractivity contribution in [3.63, 3.8) is 0 Å². The Morgan fingerprint density at radius 2 is 1.71 bits per heavy atom. The van der Waals surface area contributed by atoms with E-state index in [1.165, 1.54) is 67.6 Å². The number of carbonyl (C=O) groups is 1. The van der Waals surface area contributed by atoms with E-state index in [-0.39, 0.29) is 28.6 Å². The van der Waals surface area contributed by atoms with Crippen molar-refractivity contribution >= 4 is 22.6 Å². The van der Waals surface area contributed by atoms with E-state index in [1.807, 2.05) is 0 Å². The number of amides is 1. The third-order valence-electron chi connectivity index (χ3n) is 6.32. The number of hydrogen-bond acceptors (Lipinski definition) is 8. The summed E-state index contributed by atoms with van der Waals surface area (Å²) in [5, 5.41) is 6.59. The number of nitrogens with zero attached hydrogens (tertiary/aromatic N) is 4. The van der Waals surface area contributed by atoms with E-state index in [9.17, 15) is 14.0 Å². The van der Waals surface area contributed by atoms with Gasteiger partial charge in [-0.1, -0.05) is 12.1 Å². The van der Waals surface area contributed by atoms with Crippen molar-refractivity contribution in [2.45, 2.75) is 6.92 Å². The van der Waals surface area contributed by atoms with Gasteiger partial charge >= 0.3 is 0 Å². The number of fused-ring (bicyclic) bond motifs is 1. The second-order valence-electron chi connectivity index (χ2n) is 8.85. The zero-order valence-corrected chi connectivity index (χ0v) is 22.4. The van der Waals surface area contributed by atoms with Gasteiger partial charge in [0.15, 0.2) is 28.8 Å². The molecule has 5 aromatic rings. The molecule has 41 heavy (non-hydrogen) atoms. The van der Waals surface area contributed by atoms with Crippen molar-refractivity contribution in [2.24, 2.45) is 7.05 Å². The van der Waals surface area contributed by atoms with Crippen molar-refractivity contribution in [1.82, 2.24) is 19.7 Å². The van der Waals surface area contributed by atoms with Gasteiger partial charge in [0.05, 0.1) is 25.3 Å². The molecule has 3 aromatic heterocycles. The Morgan fingerprint density at radius 3 is 2.39 bits per heavy atom. The van der Waals surface area contributed by atoms with Crippen LogP contribution in [-0.4, -0.2) is 39.9 Å². The smallest absolute Gasteiger partial charge is 0.280 e. The van der Waals surface area contributed by atoms with Gasteiger partial charge in [0.2, 0.25) is 5.43 Å². The minimum Gasteiger partial charge on any atom is -0.491 e. The molecule has 0 fully saturated rings. The number of nitrogens with one attached hydrogen (secondary N) is 1. The fourth-order valence-corrected chi connectivity index (χ4v) is 4.18. The van der Waals surface area contributed by atoms with E-state index in [4.69, 9.17) is 14.2 Å². The maximum absolute atomic E-state index is 15.1. The summed E-state index contributed by atoms with van der Waals surface area (Å²) in [6, 6.07) is 12.3. The standard InChI is InChI=1S/C29H23F2N5O5/c1-15-24(16-5-7-17(30)8-6-16)27(37)26(35-36(15)2)28(38)33-18-9-10-21(19(31)13-18)41-22-11-12-32-20-14-23(39-3)29(40-4)34-25(20)22/h5-14H,1-4H3,(H,33,38). The van der Waals surface area contributed by atoms with Crippen LogP contribution in [0.1, 0.15) is 16.2 Å². The molecule has 2 aromatic carbocycles. The van der Waals surface area contributed by atoms with E-state index in [1.54, 1.807) is 20.0 Å². The zero-order valence-electron chi connectivity index (χ0n) is 22.4. The van der Waals surface area contributed by atoms with E-state index < -0.39 is 28.7 Å². The lowest BCUT2D eigenvalue weighted by atomic mass is 10.0. The largest absolute Gasteiger partial charge is 0.491 e. The number of benzene rings is 2. The zero-order chi connectivity index (χ0) is 29.3. The molecule has 12 heteroatoms. The predicted molar refractivity (Wildman–Crippen MR) is 147 cm³/mol. The molecule has 0 aliphatic heterocycles. The molecule has 208 valence electrons. The number of methoxy groups -OCH3 is 2. The van der Waals surface area contributed by atoms with Gasteiger partial charge in [-0.05, 0) is 36.8 Å². The van der Waals surface area contributed by atoms with Crippen molar-refractivity contribution in [3.8, 4) is 34.3 Å². The predicted octanol–water partition coefficient (Wildman–Crippen LogP) is 5.04. The summed E-state index contributed by atoms with van der Waals surface area (Å²) in [7, 11) is 4.48. The van der Waals surface area contributed by atoms with Crippen LogP contribution in [0.5, 0.6) is 23.1 Å². The lowest BCUT2D eigenvalue weighted by Crippen LogP contribution is -2.28. The molecule has 0 aliphatic carbocycles. The first-order valence-corrected chi connectivity index (χ1v) is 12.2. The minimum atomic E-state index is -0.840. The number of anilines is 1. The monoisotopic (exact) mass is 559 g/mol. The van der Waals surface area contributed by atoms with Crippen LogP contribution in [0.4, 0.5) is 14.5 Å². The molecule has 0 atom stereocenters. The van der Waals surface area contributed by atoms with Gasteiger partial charge in [-0.15, -0.1) is 0 Å². The van der Waals surface area contributed by atoms with Crippen molar-refractivity contribution < 1.29 is 27.8 Å². The summed E-state index contributed by atoms with van der Waals surface area (Å²) < 4.78 is 46.2. The molecule has 1 N–H and O–H groups in total. The molecule has 0 aliphatic rings. The molecule has 0 spiro atoms. The maximum atomic E-state index is 15.1. The lowest BCUT2D eigenvalue weighted by Gasteiger charge is -2.13. The normalized spacial score (nSPS) is 10.9. The molecular weight excluding hydrogens is 536 g/mol. The summed E-state index contributed by atoms with van der Waals surface area (Å²) in [6.45, 7) is 1.66. The van der Waals surface area contributed by atoms with Gasteiger partial charge in [0.25, 0.3) is 11.8 Å². The van der Waals surface area contributed by atoms with Gasteiger partial charge in [-0.3, -0.25) is 19.3 Å². The average Bonchev–Trinajstić information content (AvgIpc) is 2.96. The van der Waals surface area contributed by atoms with Crippen molar-refractivity contribution in [3.05, 3.63) is 94.0 Å². The Morgan fingerprint density at radius 1 is 0.951 bits per heavy atom. The highest BCUT2D eigenvalue weighted by Crippen LogP contribution is 2.35. The summed E-state index contributed by atoms with van der Waals surface area (Å²) in [6.07, 6.45) is 1.48. The quantitative estimate of drug-likeness (QED) is 0.295. The van der Waals surface area contributed by atoms with Crippen molar-refractivity contribution in [2.75, 3.05) is 19.5 Å². The Labute approximate surface area is 232 Å². The number of aryl methyl sites for hydroxylation is 1. The highest BCUT2D eigenvalue weighted by atomic mass is 19.1. The van der Waals surface area contributed by atoms with Crippen LogP contribution in [0, 0.1) is 18.6 Å². The molecule has 3 heterocycles. The van der Waals surface area contributed by atoms with Gasteiger partial charge in [-0.2, -0.15) is 5.10 Å². The number of carbonyl (C=O) groups excluding carboxylic acids is 1. The second-order valence-corrected chi connectivity index (χ2v) is 8.85. The first-order chi connectivity index (χ1) is 19.7. The minimum absolute atomic E-state index is 0.0664. The summed E-state index contributed by atoms with van der Waals surface area (Å²) >= 11 is 0. The number of hydrogen-bond donors (Lipinski definition) is 1. The van der Waals surface area contributed by atoms with E-state index in [0.717, 1.165) is 6.07 Å². The molecule has 1 amide bonds. The number of rotatable bonds is 7. The molecule has 0 bridgehead atoms. The van der Waals surface area contributed by atoms with Crippen LogP contribution in [0.25, 0.3) is 22.2 Å². The maximum Gasteiger partial charge on any atom is 0.280 e. The number of ether oxygens (including phenoxy) is 3. The molecule has 0 saturated heterocycles. The molecule has 0 saturated carbocycles. The third kappa shape index (κ3) is 5.26. The van der Waals surface area contributed by atoms with Gasteiger partial charge < -0.3 is 19.5 Å². The number of halogens is 2. The molecule has 5 rings (SSSR count). The Kier molecular flexibility index (Phi) is 7.30. The lowest BCUT2D eigenvalue weighted by molar-refractivity contribution is 0.101. The highest BCUT2D eigenvalue weighted by molar-refractivity contribution is 6.03. The molecular formula is C29H23F2N5O5. The SMILES string of the molecule is COc1cc2nccc(Oc3ccc(NC(=O)c4nn(C)c(C)c(-c5ccc(F)cc5)c4=O)cc3F)c2nc1OC. The molecule has 0 radical (unpaired) electrons. The number of pyridine rings is 2. The van der Waals surface area contributed by atoms with E-state index in [0.29, 0.717) is 28.0 Å². The van der Waals surface area contributed by atoms with Crippen LogP contribution in [0.15, 0.2) is 65.6 Å². The van der Waals surface area contributed by atoms with Gasteiger partial charge in [0, 0.05) is 42.8 Å². The van der Waals surface area contributed by atoms with Gasteiger partial charge in [-0.25, -0.2) is 13.8 Å². The highest BCUT2D eigenvalue weighted by Gasteiger charge is 2.21. The van der Waals surface area contributed by atoms with Crippen LogP contribution >= 0.6 is 0 Å². The van der Waals surface area contributed by atoms with Crippen molar-refractivity contribution in [1.29, 1.82) is 0 Å². The Balaban J connectivity index is 1.42. The molecule has 10 nitrogen and oxygen atoms in total. The second kappa shape index (κ2) is 11.0. The van der Waals surface area contributed by atoms with Crippen LogP contribution in [-0.2, 0) is 7.05 Å². The fraction of sp³-hybridized carbons (Fsp3) is 0.138.